The maximum absolute atomic E-state index is 2.69. The third kappa shape index (κ3) is 6.72. The summed E-state index contributed by atoms with van der Waals surface area (Å²) in [5.74, 6) is 0.910. The van der Waals surface area contributed by atoms with Crippen molar-refractivity contribution in [2.24, 2.45) is 16.7 Å². The third-order valence-corrected chi connectivity index (χ3v) is 5.86. The monoisotopic (exact) mass is 323 g/mol. The quantitative estimate of drug-likeness (QED) is 0.780. The number of nitrogens with zero attached hydrogens (tertiary/aromatic N) is 3. The smallest absolute Gasteiger partial charge is 0.0507 e. The molecule has 3 heteroatoms. The van der Waals surface area contributed by atoms with E-state index in [0.29, 0.717) is 10.8 Å². The zero-order chi connectivity index (χ0) is 17.1. The van der Waals surface area contributed by atoms with Gasteiger partial charge in [0.1, 0.15) is 0 Å². The summed E-state index contributed by atoms with van der Waals surface area (Å²) in [5, 5.41) is 0. The van der Waals surface area contributed by atoms with Crippen molar-refractivity contribution in [3.05, 3.63) is 0 Å². The zero-order valence-electron chi connectivity index (χ0n) is 16.7. The van der Waals surface area contributed by atoms with E-state index in [4.69, 9.17) is 0 Å². The highest BCUT2D eigenvalue weighted by molar-refractivity contribution is 4.81. The summed E-state index contributed by atoms with van der Waals surface area (Å²) < 4.78 is 0. The molecule has 2 aliphatic rings. The van der Waals surface area contributed by atoms with Crippen LogP contribution in [0.1, 0.15) is 60.8 Å². The van der Waals surface area contributed by atoms with Gasteiger partial charge >= 0.3 is 0 Å². The first-order valence-corrected chi connectivity index (χ1v) is 9.80. The fourth-order valence-electron chi connectivity index (χ4n) is 3.87. The molecule has 2 aliphatic heterocycles. The summed E-state index contributed by atoms with van der Waals surface area (Å²) in [7, 11) is 0. The molecule has 2 fully saturated rings. The van der Waals surface area contributed by atoms with Crippen LogP contribution in [0.5, 0.6) is 0 Å². The van der Waals surface area contributed by atoms with Crippen LogP contribution in [0.3, 0.4) is 0 Å². The Bertz CT molecular complexity index is 337. The van der Waals surface area contributed by atoms with Gasteiger partial charge in [-0.05, 0) is 55.6 Å². The van der Waals surface area contributed by atoms with Crippen LogP contribution in [0.25, 0.3) is 0 Å². The Morgan fingerprint density at radius 2 is 1.17 bits per heavy atom. The van der Waals surface area contributed by atoms with Crippen LogP contribution >= 0.6 is 0 Å². The van der Waals surface area contributed by atoms with Crippen molar-refractivity contribution in [2.45, 2.75) is 60.8 Å². The van der Waals surface area contributed by atoms with Gasteiger partial charge in [0.15, 0.2) is 0 Å². The van der Waals surface area contributed by atoms with Crippen molar-refractivity contribution in [2.75, 3.05) is 52.5 Å². The fourth-order valence-corrected chi connectivity index (χ4v) is 3.87. The van der Waals surface area contributed by atoms with Crippen LogP contribution in [0.15, 0.2) is 0 Å². The number of hydrogen-bond donors (Lipinski definition) is 0. The summed E-state index contributed by atoms with van der Waals surface area (Å²) in [4.78, 5) is 8.02. The molecule has 0 N–H and O–H groups in total. The maximum atomic E-state index is 2.69. The van der Waals surface area contributed by atoms with Crippen LogP contribution in [0.4, 0.5) is 0 Å². The Morgan fingerprint density at radius 1 is 0.696 bits per heavy atom. The van der Waals surface area contributed by atoms with Gasteiger partial charge in [0.05, 0.1) is 6.67 Å². The summed E-state index contributed by atoms with van der Waals surface area (Å²) in [6.45, 7) is 24.4. The highest BCUT2D eigenvalue weighted by Crippen LogP contribution is 2.34. The molecule has 0 aromatic rings. The lowest BCUT2D eigenvalue weighted by molar-refractivity contribution is 0.0381. The first kappa shape index (κ1) is 19.2. The molecule has 0 aliphatic carbocycles. The minimum absolute atomic E-state index is 0.467. The van der Waals surface area contributed by atoms with E-state index in [-0.39, 0.29) is 0 Å². The molecule has 3 nitrogen and oxygen atoms in total. The Morgan fingerprint density at radius 3 is 1.65 bits per heavy atom. The highest BCUT2D eigenvalue weighted by atomic mass is 15.3. The van der Waals surface area contributed by atoms with Crippen molar-refractivity contribution < 1.29 is 0 Å². The molecule has 23 heavy (non-hydrogen) atoms. The minimum atomic E-state index is 0.467. The van der Waals surface area contributed by atoms with Gasteiger partial charge in [-0.15, -0.1) is 0 Å². The lowest BCUT2D eigenvalue weighted by Gasteiger charge is -2.42. The molecule has 0 bridgehead atoms. The third-order valence-electron chi connectivity index (χ3n) is 5.86. The van der Waals surface area contributed by atoms with Crippen LogP contribution < -0.4 is 0 Å². The van der Waals surface area contributed by atoms with E-state index in [0.717, 1.165) is 5.92 Å². The van der Waals surface area contributed by atoms with E-state index < -0.39 is 0 Å². The van der Waals surface area contributed by atoms with Crippen molar-refractivity contribution >= 4 is 0 Å². The first-order chi connectivity index (χ1) is 10.6. The molecular weight excluding hydrogens is 282 g/mol. The van der Waals surface area contributed by atoms with Crippen molar-refractivity contribution in [3.8, 4) is 0 Å². The second-order valence-electron chi connectivity index (χ2n) is 10.2. The van der Waals surface area contributed by atoms with E-state index in [1.165, 1.54) is 71.7 Å². The summed E-state index contributed by atoms with van der Waals surface area (Å²) >= 11 is 0. The van der Waals surface area contributed by atoms with Gasteiger partial charge in [-0.2, -0.15) is 0 Å². The minimum Gasteiger partial charge on any atom is -0.301 e. The molecular formula is C20H41N3. The number of hydrogen-bond acceptors (Lipinski definition) is 3. The topological polar surface area (TPSA) is 9.72 Å². The van der Waals surface area contributed by atoms with Gasteiger partial charge in [-0.3, -0.25) is 9.80 Å². The van der Waals surface area contributed by atoms with E-state index in [1.54, 1.807) is 0 Å². The van der Waals surface area contributed by atoms with E-state index >= 15 is 0 Å². The molecule has 0 unspecified atom stereocenters. The number of rotatable bonds is 4. The molecule has 136 valence electrons. The zero-order valence-corrected chi connectivity index (χ0v) is 16.7. The second-order valence-corrected chi connectivity index (χ2v) is 10.2. The first-order valence-electron chi connectivity index (χ1n) is 9.80. The molecule has 0 atom stereocenters. The molecule has 2 saturated heterocycles. The largest absolute Gasteiger partial charge is 0.301 e. The number of likely N-dealkylation sites (tertiary alicyclic amines) is 1. The predicted molar refractivity (Wildman–Crippen MR) is 101 cm³/mol. The molecule has 0 saturated carbocycles. The summed E-state index contributed by atoms with van der Waals surface area (Å²) in [6.07, 6.45) is 4.08. The molecule has 0 amide bonds. The number of piperazine rings is 1. The van der Waals surface area contributed by atoms with Gasteiger partial charge in [0, 0.05) is 26.2 Å². The maximum Gasteiger partial charge on any atom is 0.0507 e. The van der Waals surface area contributed by atoms with Gasteiger partial charge in [0.25, 0.3) is 0 Å². The normalized spacial score (nSPS) is 24.3. The van der Waals surface area contributed by atoms with E-state index in [1.807, 2.05) is 0 Å². The van der Waals surface area contributed by atoms with Crippen molar-refractivity contribution in [3.63, 3.8) is 0 Å². The molecule has 0 aromatic carbocycles. The van der Waals surface area contributed by atoms with Gasteiger partial charge in [-0.1, -0.05) is 41.5 Å². The fraction of sp³-hybridized carbons (Fsp3) is 1.00. The molecule has 2 heterocycles. The van der Waals surface area contributed by atoms with Gasteiger partial charge in [0.2, 0.25) is 0 Å². The lowest BCUT2D eigenvalue weighted by Crippen LogP contribution is -2.51. The average Bonchev–Trinajstić information content (AvgIpc) is 2.45. The summed E-state index contributed by atoms with van der Waals surface area (Å²) in [5.41, 5.74) is 0.958. The van der Waals surface area contributed by atoms with Crippen LogP contribution in [0, 0.1) is 16.7 Å². The Hall–Kier alpha value is -0.120. The standard InChI is InChI=1S/C20H41N3/c1-19(2,3)9-12-21-13-15-23(16-14-21)17-22-10-7-18(8-11-22)20(4,5)6/h18H,7-17H2,1-6H3. The molecule has 0 spiro atoms. The SMILES string of the molecule is CC(C)(C)CCN1CCN(CN2CCC(C(C)(C)C)CC2)CC1. The number of piperidine rings is 1. The van der Waals surface area contributed by atoms with Gasteiger partial charge in [-0.25, -0.2) is 0 Å². The second kappa shape index (κ2) is 7.84. The highest BCUT2D eigenvalue weighted by Gasteiger charge is 2.29. The molecule has 2 rings (SSSR count). The van der Waals surface area contributed by atoms with Crippen LogP contribution in [-0.4, -0.2) is 67.2 Å². The predicted octanol–water partition coefficient (Wildman–Crippen LogP) is 3.76. The lowest BCUT2D eigenvalue weighted by atomic mass is 9.75. The van der Waals surface area contributed by atoms with Crippen molar-refractivity contribution in [1.29, 1.82) is 0 Å². The molecule has 0 radical (unpaired) electrons. The van der Waals surface area contributed by atoms with Crippen LogP contribution in [-0.2, 0) is 0 Å². The van der Waals surface area contributed by atoms with E-state index in [9.17, 15) is 0 Å². The van der Waals surface area contributed by atoms with E-state index in [2.05, 4.69) is 56.2 Å². The Balaban J connectivity index is 1.64. The van der Waals surface area contributed by atoms with Crippen LogP contribution in [0.2, 0.25) is 0 Å². The Labute approximate surface area is 145 Å². The molecule has 0 aromatic heterocycles. The average molecular weight is 324 g/mol. The van der Waals surface area contributed by atoms with Crippen molar-refractivity contribution in [1.82, 2.24) is 14.7 Å². The summed E-state index contributed by atoms with van der Waals surface area (Å²) in [6, 6.07) is 0. The Kier molecular flexibility index (Phi) is 6.55. The van der Waals surface area contributed by atoms with Gasteiger partial charge < -0.3 is 4.90 Å².